The summed E-state index contributed by atoms with van der Waals surface area (Å²) in [6, 6.07) is 10.2. The van der Waals surface area contributed by atoms with Crippen molar-refractivity contribution < 1.29 is 23.7 Å². The highest BCUT2D eigenvalue weighted by Gasteiger charge is 2.33. The maximum atomic E-state index is 13.9. The van der Waals surface area contributed by atoms with Gasteiger partial charge in [0.1, 0.15) is 5.75 Å². The molecule has 10 heteroatoms. The Kier molecular flexibility index (Phi) is 8.19. The van der Waals surface area contributed by atoms with Gasteiger partial charge in [0, 0.05) is 5.56 Å². The van der Waals surface area contributed by atoms with E-state index in [1.54, 1.807) is 50.8 Å². The smallest absolute Gasteiger partial charge is 0.338 e. The second kappa shape index (κ2) is 11.4. The zero-order valence-electron chi connectivity index (χ0n) is 21.2. The maximum absolute atomic E-state index is 13.9. The first-order chi connectivity index (χ1) is 17.8. The zero-order valence-corrected chi connectivity index (χ0v) is 23.6. The van der Waals surface area contributed by atoms with Crippen LogP contribution in [0.15, 0.2) is 61.9 Å². The van der Waals surface area contributed by atoms with Crippen LogP contribution in [0.2, 0.25) is 0 Å². The highest BCUT2D eigenvalue weighted by atomic mass is 79.9. The van der Waals surface area contributed by atoms with Crippen LogP contribution >= 0.6 is 27.3 Å². The van der Waals surface area contributed by atoms with Crippen LogP contribution in [0, 0.1) is 0 Å². The van der Waals surface area contributed by atoms with E-state index in [-0.39, 0.29) is 12.2 Å². The standard InChI is InChI=1S/C27H27BrN2O6S/c1-6-35-24-17(9-8-10-20(24)34-5)14-21-25(31)30-23(16-11-12-19(33-4)18(28)13-16)22(26(32)36-7-2)15(3)29-27(30)37-21/h8-14,23H,6-7H2,1-5H3/b21-14+/t23-/m1/s1. The summed E-state index contributed by atoms with van der Waals surface area (Å²) in [7, 11) is 3.15. The second-order valence-corrected chi connectivity index (χ2v) is 9.87. The number of methoxy groups -OCH3 is 2. The molecule has 0 fully saturated rings. The molecule has 0 N–H and O–H groups in total. The molecule has 1 aliphatic heterocycles. The minimum absolute atomic E-state index is 0.203. The number of hydrogen-bond acceptors (Lipinski definition) is 8. The van der Waals surface area contributed by atoms with Gasteiger partial charge in [-0.15, -0.1) is 0 Å². The van der Waals surface area contributed by atoms with E-state index in [1.807, 2.05) is 31.2 Å². The molecular formula is C27H27BrN2O6S. The highest BCUT2D eigenvalue weighted by Crippen LogP contribution is 2.35. The lowest BCUT2D eigenvalue weighted by Gasteiger charge is -2.25. The summed E-state index contributed by atoms with van der Waals surface area (Å²) in [5, 5.41) is 0. The number of nitrogens with zero attached hydrogens (tertiary/aromatic N) is 2. The molecule has 0 saturated heterocycles. The van der Waals surface area contributed by atoms with Crippen molar-refractivity contribution in [2.75, 3.05) is 27.4 Å². The van der Waals surface area contributed by atoms with Crippen molar-refractivity contribution in [2.45, 2.75) is 26.8 Å². The number of esters is 1. The first-order valence-corrected chi connectivity index (χ1v) is 13.3. The van der Waals surface area contributed by atoms with Gasteiger partial charge in [-0.2, -0.15) is 0 Å². The molecule has 0 radical (unpaired) electrons. The fourth-order valence-electron chi connectivity index (χ4n) is 4.21. The number of allylic oxidation sites excluding steroid dienone is 1. The number of benzene rings is 2. The normalized spacial score (nSPS) is 15.2. The Morgan fingerprint density at radius 1 is 1.14 bits per heavy atom. The molecule has 1 aliphatic rings. The first kappa shape index (κ1) is 26.7. The summed E-state index contributed by atoms with van der Waals surface area (Å²) in [6.07, 6.45) is 1.77. The Balaban J connectivity index is 1.97. The molecule has 194 valence electrons. The number of fused-ring (bicyclic) bond motifs is 1. The summed E-state index contributed by atoms with van der Waals surface area (Å²) in [5.41, 5.74) is 1.96. The third-order valence-electron chi connectivity index (χ3n) is 5.81. The molecule has 0 aliphatic carbocycles. The van der Waals surface area contributed by atoms with Crippen molar-refractivity contribution in [1.82, 2.24) is 4.57 Å². The molecule has 3 aromatic rings. The molecule has 0 spiro atoms. The fraction of sp³-hybridized carbons (Fsp3) is 0.296. The predicted octanol–water partition coefficient (Wildman–Crippen LogP) is 3.98. The van der Waals surface area contributed by atoms with Crippen molar-refractivity contribution >= 4 is 39.3 Å². The number of halogens is 1. The monoisotopic (exact) mass is 586 g/mol. The van der Waals surface area contributed by atoms with Crippen LogP contribution in [0.1, 0.15) is 37.9 Å². The van der Waals surface area contributed by atoms with Gasteiger partial charge in [-0.25, -0.2) is 9.79 Å². The predicted molar refractivity (Wildman–Crippen MR) is 145 cm³/mol. The summed E-state index contributed by atoms with van der Waals surface area (Å²) >= 11 is 4.77. The van der Waals surface area contributed by atoms with Gasteiger partial charge in [0.05, 0.1) is 53.8 Å². The van der Waals surface area contributed by atoms with Crippen LogP contribution in [-0.4, -0.2) is 38.0 Å². The first-order valence-electron chi connectivity index (χ1n) is 11.7. The van der Waals surface area contributed by atoms with Gasteiger partial charge in [-0.05, 0) is 66.5 Å². The Morgan fingerprint density at radius 2 is 1.89 bits per heavy atom. The van der Waals surface area contributed by atoms with Gasteiger partial charge < -0.3 is 18.9 Å². The molecule has 4 rings (SSSR count). The van der Waals surface area contributed by atoms with Crippen molar-refractivity contribution in [3.05, 3.63) is 83.0 Å². The number of ether oxygens (including phenoxy) is 4. The number of carbonyl (C=O) groups excluding carboxylic acids is 1. The Bertz CT molecular complexity index is 1560. The quantitative estimate of drug-likeness (QED) is 0.371. The molecule has 0 saturated carbocycles. The van der Waals surface area contributed by atoms with Crippen molar-refractivity contribution in [1.29, 1.82) is 0 Å². The highest BCUT2D eigenvalue weighted by molar-refractivity contribution is 9.10. The molecule has 0 unspecified atom stereocenters. The van der Waals surface area contributed by atoms with E-state index in [1.165, 1.54) is 11.3 Å². The van der Waals surface area contributed by atoms with Crippen LogP contribution in [0.5, 0.6) is 17.2 Å². The maximum Gasteiger partial charge on any atom is 0.338 e. The molecule has 2 aromatic carbocycles. The van der Waals surface area contributed by atoms with Crippen molar-refractivity contribution in [2.24, 2.45) is 4.99 Å². The largest absolute Gasteiger partial charge is 0.496 e. The number of para-hydroxylation sites is 1. The summed E-state index contributed by atoms with van der Waals surface area (Å²) in [5.74, 6) is 1.25. The van der Waals surface area contributed by atoms with Crippen LogP contribution in [0.25, 0.3) is 6.08 Å². The number of thiazole rings is 1. The van der Waals surface area contributed by atoms with E-state index in [2.05, 4.69) is 20.9 Å². The Hall–Kier alpha value is -3.37. The van der Waals surface area contributed by atoms with E-state index in [9.17, 15) is 9.59 Å². The van der Waals surface area contributed by atoms with Crippen molar-refractivity contribution in [3.63, 3.8) is 0 Å². The van der Waals surface area contributed by atoms with Gasteiger partial charge in [0.25, 0.3) is 5.56 Å². The summed E-state index contributed by atoms with van der Waals surface area (Å²) in [6.45, 7) is 6.03. The van der Waals surface area contributed by atoms with Crippen LogP contribution in [0.3, 0.4) is 0 Å². The van der Waals surface area contributed by atoms with E-state index < -0.39 is 12.0 Å². The molecule has 2 heterocycles. The Labute approximate surface area is 226 Å². The summed E-state index contributed by atoms with van der Waals surface area (Å²) < 4.78 is 24.7. The van der Waals surface area contributed by atoms with E-state index >= 15 is 0 Å². The van der Waals surface area contributed by atoms with Gasteiger partial charge in [0.15, 0.2) is 16.3 Å². The lowest BCUT2D eigenvalue weighted by Crippen LogP contribution is -2.40. The molecule has 0 bridgehead atoms. The van der Waals surface area contributed by atoms with Gasteiger partial charge >= 0.3 is 5.97 Å². The molecule has 8 nitrogen and oxygen atoms in total. The molecule has 0 amide bonds. The van der Waals surface area contributed by atoms with Gasteiger partial charge in [-0.1, -0.05) is 29.5 Å². The molecule has 1 aromatic heterocycles. The SMILES string of the molecule is CCOC(=O)C1=C(C)N=c2s/c(=C/c3cccc(OC)c3OCC)c(=O)n2[C@@H]1c1ccc(OC)c(Br)c1. The third kappa shape index (κ3) is 5.08. The van der Waals surface area contributed by atoms with Crippen LogP contribution in [-0.2, 0) is 9.53 Å². The topological polar surface area (TPSA) is 88.4 Å². The zero-order chi connectivity index (χ0) is 26.7. The average Bonchev–Trinajstić information content (AvgIpc) is 3.18. The minimum atomic E-state index is -0.726. The molecule has 37 heavy (non-hydrogen) atoms. The lowest BCUT2D eigenvalue weighted by molar-refractivity contribution is -0.139. The number of carbonyl (C=O) groups is 1. The fourth-order valence-corrected chi connectivity index (χ4v) is 5.80. The van der Waals surface area contributed by atoms with Crippen LogP contribution < -0.4 is 29.1 Å². The van der Waals surface area contributed by atoms with E-state index in [0.717, 1.165) is 0 Å². The van der Waals surface area contributed by atoms with Crippen LogP contribution in [0.4, 0.5) is 0 Å². The Morgan fingerprint density at radius 3 is 2.54 bits per heavy atom. The number of aromatic nitrogens is 1. The summed E-state index contributed by atoms with van der Waals surface area (Å²) in [4.78, 5) is 32.1. The molecule has 1 atom stereocenters. The second-order valence-electron chi connectivity index (χ2n) is 8.01. The molecular weight excluding hydrogens is 560 g/mol. The average molecular weight is 587 g/mol. The van der Waals surface area contributed by atoms with E-state index in [4.69, 9.17) is 18.9 Å². The number of hydrogen-bond donors (Lipinski definition) is 0. The third-order valence-corrected chi connectivity index (χ3v) is 7.42. The van der Waals surface area contributed by atoms with E-state index in [0.29, 0.717) is 60.1 Å². The van der Waals surface area contributed by atoms with Crippen molar-refractivity contribution in [3.8, 4) is 17.2 Å². The van der Waals surface area contributed by atoms with Gasteiger partial charge in [-0.3, -0.25) is 9.36 Å². The number of rotatable bonds is 8. The lowest BCUT2D eigenvalue weighted by atomic mass is 9.96. The van der Waals surface area contributed by atoms with Gasteiger partial charge in [0.2, 0.25) is 0 Å². The minimum Gasteiger partial charge on any atom is -0.496 e.